The van der Waals surface area contributed by atoms with Crippen LogP contribution in [0.3, 0.4) is 0 Å². The van der Waals surface area contributed by atoms with Crippen molar-refractivity contribution in [1.29, 1.82) is 0 Å². The van der Waals surface area contributed by atoms with Crippen LogP contribution in [0.15, 0.2) is 24.3 Å². The van der Waals surface area contributed by atoms with E-state index in [9.17, 15) is 4.79 Å². The molecule has 2 bridgehead atoms. The lowest BCUT2D eigenvalue weighted by atomic mass is 9.68. The number of carbonyl (C=O) groups is 1. The Balaban J connectivity index is 0.00000192. The molecule has 2 aliphatic carbocycles. The average molecular weight is 423 g/mol. The van der Waals surface area contributed by atoms with E-state index in [0.29, 0.717) is 11.8 Å². The van der Waals surface area contributed by atoms with E-state index in [4.69, 9.17) is 11.6 Å². The molecule has 0 radical (unpaired) electrons. The van der Waals surface area contributed by atoms with Gasteiger partial charge < -0.3 is 10.2 Å². The highest BCUT2D eigenvalue weighted by Gasteiger charge is 2.56. The Morgan fingerprint density at radius 1 is 1.07 bits per heavy atom. The molecule has 28 heavy (non-hydrogen) atoms. The van der Waals surface area contributed by atoms with Crippen LogP contribution < -0.4 is 5.32 Å². The summed E-state index contributed by atoms with van der Waals surface area (Å²) in [5, 5.41) is 4.32. The third-order valence-electron chi connectivity index (χ3n) is 8.14. The Kier molecular flexibility index (Phi) is 5.98. The number of hydrogen-bond acceptors (Lipinski definition) is 2. The molecule has 0 spiro atoms. The third kappa shape index (κ3) is 3.59. The van der Waals surface area contributed by atoms with Crippen molar-refractivity contribution in [2.75, 3.05) is 26.2 Å². The molecule has 3 unspecified atom stereocenters. The van der Waals surface area contributed by atoms with E-state index in [1.54, 1.807) is 0 Å². The van der Waals surface area contributed by atoms with Gasteiger partial charge in [0.2, 0.25) is 5.91 Å². The van der Waals surface area contributed by atoms with Gasteiger partial charge in [0.1, 0.15) is 0 Å². The van der Waals surface area contributed by atoms with Gasteiger partial charge in [-0.3, -0.25) is 4.79 Å². The first-order valence-electron chi connectivity index (χ1n) is 10.9. The predicted octanol–water partition coefficient (Wildman–Crippen LogP) is 4.57. The Morgan fingerprint density at radius 2 is 1.75 bits per heavy atom. The van der Waals surface area contributed by atoms with Gasteiger partial charge in [-0.25, -0.2) is 0 Å². The Labute approximate surface area is 180 Å². The zero-order chi connectivity index (χ0) is 18.4. The first kappa shape index (κ1) is 20.5. The maximum absolute atomic E-state index is 13.9. The van der Waals surface area contributed by atoms with Crippen LogP contribution in [0, 0.1) is 29.1 Å². The highest BCUT2D eigenvalue weighted by atomic mass is 35.5. The molecule has 1 aromatic carbocycles. The number of rotatable bonds is 3. The van der Waals surface area contributed by atoms with Gasteiger partial charge in [0.25, 0.3) is 0 Å². The highest BCUT2D eigenvalue weighted by molar-refractivity contribution is 6.30. The van der Waals surface area contributed by atoms with E-state index < -0.39 is 0 Å². The van der Waals surface area contributed by atoms with Crippen molar-refractivity contribution in [2.45, 2.75) is 44.9 Å². The van der Waals surface area contributed by atoms with Crippen molar-refractivity contribution < 1.29 is 4.79 Å². The van der Waals surface area contributed by atoms with E-state index in [-0.39, 0.29) is 17.8 Å². The number of benzene rings is 1. The summed E-state index contributed by atoms with van der Waals surface area (Å²) in [7, 11) is 0. The van der Waals surface area contributed by atoms with E-state index in [0.717, 1.165) is 61.8 Å². The Hall–Kier alpha value is -0.770. The van der Waals surface area contributed by atoms with E-state index in [2.05, 4.69) is 22.3 Å². The fourth-order valence-electron chi connectivity index (χ4n) is 6.70. The molecule has 5 rings (SSSR count). The monoisotopic (exact) mass is 422 g/mol. The lowest BCUT2D eigenvalue weighted by Gasteiger charge is -2.40. The molecule has 1 aromatic rings. The number of halogens is 2. The summed E-state index contributed by atoms with van der Waals surface area (Å²) in [5.41, 5.74) is 1.12. The van der Waals surface area contributed by atoms with Crippen LogP contribution in [-0.2, 0) is 11.2 Å². The largest absolute Gasteiger partial charge is 0.342 e. The number of fused-ring (bicyclic) bond motifs is 3. The summed E-state index contributed by atoms with van der Waals surface area (Å²) < 4.78 is 0. The van der Waals surface area contributed by atoms with Crippen molar-refractivity contribution in [3.63, 3.8) is 0 Å². The Bertz CT molecular complexity index is 695. The molecule has 154 valence electrons. The lowest BCUT2D eigenvalue weighted by Crippen LogP contribution is -2.48. The molecule has 2 saturated heterocycles. The molecule has 4 aliphatic rings. The van der Waals surface area contributed by atoms with Crippen molar-refractivity contribution in [2.24, 2.45) is 29.1 Å². The maximum Gasteiger partial charge on any atom is 0.229 e. The molecule has 2 aliphatic heterocycles. The van der Waals surface area contributed by atoms with Crippen molar-refractivity contribution >= 4 is 29.9 Å². The predicted molar refractivity (Wildman–Crippen MR) is 116 cm³/mol. The normalized spacial score (nSPS) is 36.7. The standard InChI is InChI=1S/C23H31ClN2O.ClH/c24-21-5-2-16(3-6-21)12-23(13-17-1-4-20(23)11-17)22(27)26-9-7-18-14-25-15-19(18)8-10-26;/h2-3,5-6,17-20,25H,1,4,7-15H2;1H/t17?,18-,19+,20?,23?;. The van der Waals surface area contributed by atoms with E-state index in [1.165, 1.54) is 37.7 Å². The van der Waals surface area contributed by atoms with Crippen LogP contribution in [0.1, 0.15) is 44.1 Å². The molecule has 4 fully saturated rings. The smallest absolute Gasteiger partial charge is 0.229 e. The summed E-state index contributed by atoms with van der Waals surface area (Å²) in [6.07, 6.45) is 8.19. The number of nitrogens with one attached hydrogen (secondary N) is 1. The van der Waals surface area contributed by atoms with Crippen molar-refractivity contribution in [3.05, 3.63) is 34.9 Å². The lowest BCUT2D eigenvalue weighted by molar-refractivity contribution is -0.145. The van der Waals surface area contributed by atoms with Gasteiger partial charge in [-0.15, -0.1) is 12.4 Å². The number of hydrogen-bond donors (Lipinski definition) is 1. The number of amides is 1. The topological polar surface area (TPSA) is 32.3 Å². The molecule has 2 heterocycles. The van der Waals surface area contributed by atoms with Crippen LogP contribution in [-0.4, -0.2) is 37.0 Å². The summed E-state index contributed by atoms with van der Waals surface area (Å²) in [4.78, 5) is 16.2. The minimum Gasteiger partial charge on any atom is -0.342 e. The van der Waals surface area contributed by atoms with E-state index >= 15 is 0 Å². The minimum absolute atomic E-state index is 0. The second-order valence-corrected chi connectivity index (χ2v) is 10.0. The molecule has 1 N–H and O–H groups in total. The van der Waals surface area contributed by atoms with Crippen molar-refractivity contribution in [1.82, 2.24) is 10.2 Å². The van der Waals surface area contributed by atoms with Gasteiger partial charge in [-0.2, -0.15) is 0 Å². The minimum atomic E-state index is -0.158. The van der Waals surface area contributed by atoms with Crippen LogP contribution in [0.25, 0.3) is 0 Å². The highest BCUT2D eigenvalue weighted by Crippen LogP contribution is 2.58. The zero-order valence-corrected chi connectivity index (χ0v) is 18.1. The molecule has 0 aromatic heterocycles. The van der Waals surface area contributed by atoms with Crippen LogP contribution in [0.5, 0.6) is 0 Å². The zero-order valence-electron chi connectivity index (χ0n) is 16.5. The first-order chi connectivity index (χ1) is 13.1. The third-order valence-corrected chi connectivity index (χ3v) is 8.39. The molecular formula is C23H32Cl2N2O. The quantitative estimate of drug-likeness (QED) is 0.773. The molecule has 3 nitrogen and oxygen atoms in total. The molecule has 5 heteroatoms. The molecular weight excluding hydrogens is 391 g/mol. The summed E-state index contributed by atoms with van der Waals surface area (Å²) in [6.45, 7) is 4.21. The second-order valence-electron chi connectivity index (χ2n) is 9.59. The van der Waals surface area contributed by atoms with E-state index in [1.807, 2.05) is 12.1 Å². The molecule has 5 atom stereocenters. The van der Waals surface area contributed by atoms with Crippen LogP contribution in [0.4, 0.5) is 0 Å². The first-order valence-corrected chi connectivity index (χ1v) is 11.3. The number of likely N-dealkylation sites (tertiary alicyclic amines) is 1. The van der Waals surface area contributed by atoms with Crippen LogP contribution in [0.2, 0.25) is 5.02 Å². The van der Waals surface area contributed by atoms with Gasteiger partial charge in [0.15, 0.2) is 0 Å². The number of nitrogens with zero attached hydrogens (tertiary/aromatic N) is 1. The molecule has 2 saturated carbocycles. The van der Waals surface area contributed by atoms with Gasteiger partial charge in [0, 0.05) is 18.1 Å². The Morgan fingerprint density at radius 3 is 2.32 bits per heavy atom. The second kappa shape index (κ2) is 8.16. The maximum atomic E-state index is 13.9. The summed E-state index contributed by atoms with van der Waals surface area (Å²) in [5.74, 6) is 3.36. The summed E-state index contributed by atoms with van der Waals surface area (Å²) >= 11 is 6.09. The average Bonchev–Trinajstić information content (AvgIpc) is 3.37. The SMILES string of the molecule is Cl.O=C(N1CC[C@@H]2CNC[C@@H]2CC1)C1(Cc2ccc(Cl)cc2)CC2CCC1C2. The fraction of sp³-hybridized carbons (Fsp3) is 0.696. The molecule has 1 amide bonds. The van der Waals surface area contributed by atoms with Gasteiger partial charge >= 0.3 is 0 Å². The van der Waals surface area contributed by atoms with Crippen LogP contribution >= 0.6 is 24.0 Å². The number of carbonyl (C=O) groups excluding carboxylic acids is 1. The van der Waals surface area contributed by atoms with Gasteiger partial charge in [0.05, 0.1) is 5.41 Å². The summed E-state index contributed by atoms with van der Waals surface area (Å²) in [6, 6.07) is 8.20. The van der Waals surface area contributed by atoms with Gasteiger partial charge in [-0.05, 0) is 93.0 Å². The van der Waals surface area contributed by atoms with Crippen molar-refractivity contribution in [3.8, 4) is 0 Å². The van der Waals surface area contributed by atoms with Gasteiger partial charge in [-0.1, -0.05) is 30.2 Å². The fourth-order valence-corrected chi connectivity index (χ4v) is 6.83.